The lowest BCUT2D eigenvalue weighted by Gasteiger charge is -2.30. The average Bonchev–Trinajstić information content (AvgIpc) is 2.54. The summed E-state index contributed by atoms with van der Waals surface area (Å²) in [5, 5.41) is 2.87. The summed E-state index contributed by atoms with van der Waals surface area (Å²) in [7, 11) is 0. The molecule has 0 saturated carbocycles. The smallest absolute Gasteiger partial charge is 0.244 e. The van der Waals surface area contributed by atoms with Gasteiger partial charge in [-0.05, 0) is 50.5 Å². The van der Waals surface area contributed by atoms with Crippen molar-refractivity contribution in [3.05, 3.63) is 40.1 Å². The van der Waals surface area contributed by atoms with Gasteiger partial charge in [0.15, 0.2) is 0 Å². The number of piperidine rings is 1. The van der Waals surface area contributed by atoms with Crippen molar-refractivity contribution >= 4 is 27.9 Å². The second-order valence-corrected chi connectivity index (χ2v) is 7.11. The van der Waals surface area contributed by atoms with Crippen LogP contribution in [0.4, 0.5) is 4.39 Å². The molecule has 126 valence electrons. The quantitative estimate of drug-likeness (QED) is 0.574. The monoisotopic (exact) mass is 383 g/mol. The molecule has 1 amide bonds. The zero-order valence-electron chi connectivity index (χ0n) is 13.6. The fourth-order valence-electron chi connectivity index (χ4n) is 3.02. The number of hydrogen-bond acceptors (Lipinski definition) is 1. The predicted octanol–water partition coefficient (Wildman–Crippen LogP) is 2.57. The Bertz CT molecular complexity index is 562. The van der Waals surface area contributed by atoms with Gasteiger partial charge in [0, 0.05) is 29.1 Å². The number of amides is 1. The van der Waals surface area contributed by atoms with E-state index in [2.05, 4.69) is 28.2 Å². The molecule has 1 aliphatic heterocycles. The highest BCUT2D eigenvalue weighted by Gasteiger charge is 2.20. The van der Waals surface area contributed by atoms with Crippen LogP contribution in [0.1, 0.15) is 38.2 Å². The Labute approximate surface area is 146 Å². The van der Waals surface area contributed by atoms with Gasteiger partial charge in [0.05, 0.1) is 19.1 Å². The number of hydrogen-bond donors (Lipinski definition) is 2. The SMILES string of the molecule is C[C@@H]1CCCC[NH+]1CCCNC(=O)/C=C/c1cc(Br)ccc1F. The summed E-state index contributed by atoms with van der Waals surface area (Å²) < 4.78 is 14.4. The first-order chi connectivity index (χ1) is 11.1. The molecule has 1 aromatic rings. The van der Waals surface area contributed by atoms with E-state index in [0.29, 0.717) is 12.1 Å². The van der Waals surface area contributed by atoms with Gasteiger partial charge >= 0.3 is 0 Å². The van der Waals surface area contributed by atoms with Gasteiger partial charge in [0.1, 0.15) is 5.82 Å². The zero-order valence-corrected chi connectivity index (χ0v) is 15.2. The van der Waals surface area contributed by atoms with Crippen LogP contribution < -0.4 is 10.2 Å². The van der Waals surface area contributed by atoms with Crippen LogP contribution in [0.5, 0.6) is 0 Å². The zero-order chi connectivity index (χ0) is 16.7. The number of benzene rings is 1. The fraction of sp³-hybridized carbons (Fsp3) is 0.500. The molecule has 1 heterocycles. The highest BCUT2D eigenvalue weighted by Crippen LogP contribution is 2.16. The van der Waals surface area contributed by atoms with E-state index in [0.717, 1.165) is 23.5 Å². The standard InChI is InChI=1S/C18H24BrFN2O/c1-14-5-2-3-11-22(14)12-4-10-21-18(23)9-6-15-13-16(19)7-8-17(15)20/h6-9,13-14H,2-5,10-12H2,1H3,(H,21,23)/p+1/b9-6+/t14-/m1/s1. The molecule has 2 rings (SSSR count). The Morgan fingerprint density at radius 2 is 2.30 bits per heavy atom. The molecule has 1 aromatic carbocycles. The summed E-state index contributed by atoms with van der Waals surface area (Å²) in [5.41, 5.74) is 0.404. The minimum Gasteiger partial charge on any atom is -0.352 e. The van der Waals surface area contributed by atoms with Gasteiger partial charge in [0.2, 0.25) is 5.91 Å². The van der Waals surface area contributed by atoms with Crippen LogP contribution in [0.3, 0.4) is 0 Å². The first-order valence-electron chi connectivity index (χ1n) is 8.32. The van der Waals surface area contributed by atoms with E-state index in [-0.39, 0.29) is 11.7 Å². The van der Waals surface area contributed by atoms with E-state index in [4.69, 9.17) is 0 Å². The number of halogens is 2. The minimum atomic E-state index is -0.333. The van der Waals surface area contributed by atoms with E-state index < -0.39 is 0 Å². The van der Waals surface area contributed by atoms with E-state index in [9.17, 15) is 9.18 Å². The molecular formula is C18H25BrFN2O+. The highest BCUT2D eigenvalue weighted by atomic mass is 79.9. The molecule has 2 N–H and O–H groups in total. The Kier molecular flexibility index (Phi) is 7.24. The molecule has 1 fully saturated rings. The van der Waals surface area contributed by atoms with Gasteiger partial charge in [-0.2, -0.15) is 0 Å². The molecule has 0 spiro atoms. The van der Waals surface area contributed by atoms with Crippen molar-refractivity contribution in [2.24, 2.45) is 0 Å². The third-order valence-corrected chi connectivity index (χ3v) is 4.92. The van der Waals surface area contributed by atoms with Gasteiger partial charge in [-0.3, -0.25) is 4.79 Å². The molecule has 0 radical (unpaired) electrons. The van der Waals surface area contributed by atoms with Crippen molar-refractivity contribution in [3.8, 4) is 0 Å². The summed E-state index contributed by atoms with van der Waals surface area (Å²) in [6, 6.07) is 5.40. The van der Waals surface area contributed by atoms with E-state index in [1.165, 1.54) is 44.0 Å². The Morgan fingerprint density at radius 3 is 3.09 bits per heavy atom. The van der Waals surface area contributed by atoms with Crippen LogP contribution in [0, 0.1) is 5.82 Å². The Morgan fingerprint density at radius 1 is 1.48 bits per heavy atom. The molecule has 3 nitrogen and oxygen atoms in total. The van der Waals surface area contributed by atoms with Crippen molar-refractivity contribution in [2.75, 3.05) is 19.6 Å². The second kappa shape index (κ2) is 9.18. The van der Waals surface area contributed by atoms with E-state index >= 15 is 0 Å². The number of likely N-dealkylation sites (tertiary alicyclic amines) is 1. The summed E-state index contributed by atoms with van der Waals surface area (Å²) >= 11 is 3.29. The maximum atomic E-state index is 13.6. The molecule has 0 bridgehead atoms. The molecule has 1 saturated heterocycles. The van der Waals surface area contributed by atoms with Crippen LogP contribution in [0.2, 0.25) is 0 Å². The van der Waals surface area contributed by atoms with Crippen molar-refractivity contribution in [3.63, 3.8) is 0 Å². The molecule has 23 heavy (non-hydrogen) atoms. The Hall–Kier alpha value is -1.20. The van der Waals surface area contributed by atoms with Gasteiger partial charge in [-0.15, -0.1) is 0 Å². The highest BCUT2D eigenvalue weighted by molar-refractivity contribution is 9.10. The molecular weight excluding hydrogens is 359 g/mol. The van der Waals surface area contributed by atoms with Gasteiger partial charge in [0.25, 0.3) is 0 Å². The van der Waals surface area contributed by atoms with Crippen LogP contribution in [0.15, 0.2) is 28.7 Å². The maximum absolute atomic E-state index is 13.6. The average molecular weight is 384 g/mol. The lowest BCUT2D eigenvalue weighted by Crippen LogP contribution is -3.16. The first kappa shape index (κ1) is 18.1. The van der Waals surface area contributed by atoms with Crippen molar-refractivity contribution in [1.29, 1.82) is 0 Å². The molecule has 0 aromatic heterocycles. The topological polar surface area (TPSA) is 33.5 Å². The molecule has 1 unspecified atom stereocenters. The number of carbonyl (C=O) groups excluding carboxylic acids is 1. The number of rotatable bonds is 6. The van der Waals surface area contributed by atoms with Gasteiger partial charge in [-0.1, -0.05) is 15.9 Å². The molecule has 0 aliphatic carbocycles. The number of nitrogens with one attached hydrogen (secondary N) is 2. The summed E-state index contributed by atoms with van der Waals surface area (Å²) in [6.07, 6.45) is 7.84. The number of quaternary nitrogens is 1. The van der Waals surface area contributed by atoms with Crippen molar-refractivity contribution < 1.29 is 14.1 Å². The summed E-state index contributed by atoms with van der Waals surface area (Å²) in [5.74, 6) is -0.508. The van der Waals surface area contributed by atoms with Crippen LogP contribution in [0.25, 0.3) is 6.08 Å². The Balaban J connectivity index is 1.70. The fourth-order valence-corrected chi connectivity index (χ4v) is 3.40. The van der Waals surface area contributed by atoms with Crippen molar-refractivity contribution in [2.45, 2.75) is 38.6 Å². The van der Waals surface area contributed by atoms with Crippen LogP contribution in [-0.2, 0) is 4.79 Å². The van der Waals surface area contributed by atoms with E-state index in [1.807, 2.05) is 0 Å². The summed E-state index contributed by atoms with van der Waals surface area (Å²) in [6.45, 7) is 5.32. The minimum absolute atomic E-state index is 0.175. The molecule has 2 atom stereocenters. The lowest BCUT2D eigenvalue weighted by molar-refractivity contribution is -0.928. The predicted molar refractivity (Wildman–Crippen MR) is 94.8 cm³/mol. The van der Waals surface area contributed by atoms with Crippen LogP contribution in [-0.4, -0.2) is 31.6 Å². The summed E-state index contributed by atoms with van der Waals surface area (Å²) in [4.78, 5) is 13.4. The van der Waals surface area contributed by atoms with Gasteiger partial charge in [-0.25, -0.2) is 4.39 Å². The molecule has 1 aliphatic rings. The van der Waals surface area contributed by atoms with Gasteiger partial charge < -0.3 is 10.2 Å². The second-order valence-electron chi connectivity index (χ2n) is 6.20. The largest absolute Gasteiger partial charge is 0.352 e. The van der Waals surface area contributed by atoms with E-state index in [1.54, 1.807) is 17.0 Å². The first-order valence-corrected chi connectivity index (χ1v) is 9.11. The number of carbonyl (C=O) groups is 1. The normalized spacial score (nSPS) is 21.5. The third kappa shape index (κ3) is 6.07. The van der Waals surface area contributed by atoms with Crippen LogP contribution >= 0.6 is 15.9 Å². The molecule has 5 heteroatoms. The third-order valence-electron chi connectivity index (χ3n) is 4.43. The van der Waals surface area contributed by atoms with Crippen molar-refractivity contribution in [1.82, 2.24) is 5.32 Å². The lowest BCUT2D eigenvalue weighted by atomic mass is 10.0. The maximum Gasteiger partial charge on any atom is 0.244 e.